The molecule has 0 aliphatic heterocycles. The average Bonchev–Trinajstić information content (AvgIpc) is 2.18. The normalized spacial score (nSPS) is 11.5. The molecule has 7 heteroatoms. The molecule has 0 fully saturated rings. The van der Waals surface area contributed by atoms with Crippen LogP contribution in [0.2, 0.25) is 0 Å². The summed E-state index contributed by atoms with van der Waals surface area (Å²) in [5.41, 5.74) is -1.02. The summed E-state index contributed by atoms with van der Waals surface area (Å²) in [6.07, 6.45) is -3.96. The van der Waals surface area contributed by atoms with Crippen molar-refractivity contribution in [3.63, 3.8) is 0 Å². The third-order valence-electron chi connectivity index (χ3n) is 1.60. The van der Waals surface area contributed by atoms with Crippen molar-refractivity contribution in [3.05, 3.63) is 17.8 Å². The summed E-state index contributed by atoms with van der Waals surface area (Å²) in [5, 5.41) is 17.6. The topological polar surface area (TPSA) is 58.0 Å². The molecule has 0 amide bonds. The lowest BCUT2D eigenvalue weighted by Crippen LogP contribution is -2.11. The van der Waals surface area contributed by atoms with Crippen molar-refractivity contribution in [2.75, 3.05) is 18.5 Å². The number of alkyl halides is 3. The van der Waals surface area contributed by atoms with Crippen molar-refractivity contribution >= 4 is 5.82 Å². The van der Waals surface area contributed by atoms with Crippen LogP contribution in [0.5, 0.6) is 0 Å². The van der Waals surface area contributed by atoms with Crippen molar-refractivity contribution in [3.8, 4) is 0 Å². The maximum Gasteiger partial charge on any atom is 0.435 e. The van der Waals surface area contributed by atoms with Gasteiger partial charge in [0.15, 0.2) is 5.69 Å². The van der Waals surface area contributed by atoms with Crippen molar-refractivity contribution in [1.29, 1.82) is 0 Å². The molecule has 0 spiro atoms. The lowest BCUT2D eigenvalue weighted by molar-refractivity contribution is -0.141. The van der Waals surface area contributed by atoms with Crippen molar-refractivity contribution < 1.29 is 18.3 Å². The molecule has 84 valence electrons. The molecule has 0 aliphatic rings. The molecular weight excluding hydrogens is 211 g/mol. The number of aliphatic hydroxyl groups excluding tert-OH is 1. The van der Waals surface area contributed by atoms with Gasteiger partial charge in [-0.3, -0.25) is 0 Å². The van der Waals surface area contributed by atoms with Crippen LogP contribution in [-0.2, 0) is 6.18 Å². The Labute approximate surface area is 84.1 Å². The zero-order chi connectivity index (χ0) is 11.3. The molecule has 1 aromatic heterocycles. The maximum atomic E-state index is 12.1. The van der Waals surface area contributed by atoms with E-state index in [1.807, 2.05) is 0 Å². The van der Waals surface area contributed by atoms with Crippen molar-refractivity contribution in [2.45, 2.75) is 12.6 Å². The van der Waals surface area contributed by atoms with E-state index in [-0.39, 0.29) is 12.4 Å². The van der Waals surface area contributed by atoms with E-state index in [0.29, 0.717) is 13.0 Å². The van der Waals surface area contributed by atoms with Gasteiger partial charge in [-0.05, 0) is 18.6 Å². The fourth-order valence-electron chi connectivity index (χ4n) is 0.873. The van der Waals surface area contributed by atoms with Gasteiger partial charge in [-0.1, -0.05) is 0 Å². The molecule has 0 radical (unpaired) electrons. The van der Waals surface area contributed by atoms with Gasteiger partial charge >= 0.3 is 6.18 Å². The van der Waals surface area contributed by atoms with Crippen molar-refractivity contribution in [1.82, 2.24) is 10.2 Å². The number of aliphatic hydroxyl groups is 1. The average molecular weight is 221 g/mol. The fourth-order valence-corrected chi connectivity index (χ4v) is 0.873. The smallest absolute Gasteiger partial charge is 0.396 e. The Balaban J connectivity index is 2.57. The Hall–Kier alpha value is -1.37. The van der Waals surface area contributed by atoms with Gasteiger partial charge in [0.05, 0.1) is 0 Å². The Morgan fingerprint density at radius 2 is 2.00 bits per heavy atom. The molecular formula is C8H10F3N3O. The minimum Gasteiger partial charge on any atom is -0.396 e. The summed E-state index contributed by atoms with van der Waals surface area (Å²) in [4.78, 5) is 0. The maximum absolute atomic E-state index is 12.1. The van der Waals surface area contributed by atoms with Crippen LogP contribution in [0.15, 0.2) is 12.1 Å². The van der Waals surface area contributed by atoms with E-state index in [4.69, 9.17) is 5.11 Å². The predicted octanol–water partition coefficient (Wildman–Crippen LogP) is 1.29. The zero-order valence-corrected chi connectivity index (χ0v) is 7.75. The third kappa shape index (κ3) is 3.70. The first-order chi connectivity index (χ1) is 7.04. The predicted molar refractivity (Wildman–Crippen MR) is 47.2 cm³/mol. The van der Waals surface area contributed by atoms with Crippen LogP contribution in [0, 0.1) is 0 Å². The number of anilines is 1. The van der Waals surface area contributed by atoms with Crippen LogP contribution < -0.4 is 5.32 Å². The van der Waals surface area contributed by atoms with Gasteiger partial charge < -0.3 is 10.4 Å². The molecule has 0 saturated heterocycles. The molecule has 0 bridgehead atoms. The Bertz CT molecular complexity index is 299. The number of aromatic nitrogens is 2. The van der Waals surface area contributed by atoms with Gasteiger partial charge in [0.2, 0.25) is 0 Å². The number of rotatable bonds is 4. The van der Waals surface area contributed by atoms with Gasteiger partial charge in [0, 0.05) is 13.2 Å². The molecule has 0 unspecified atom stereocenters. The highest BCUT2D eigenvalue weighted by atomic mass is 19.4. The zero-order valence-electron chi connectivity index (χ0n) is 7.75. The lowest BCUT2D eigenvalue weighted by atomic mass is 10.3. The van der Waals surface area contributed by atoms with Crippen LogP contribution in [0.4, 0.5) is 19.0 Å². The Morgan fingerprint density at radius 3 is 2.47 bits per heavy atom. The second-order valence-electron chi connectivity index (χ2n) is 2.81. The van der Waals surface area contributed by atoms with Crippen LogP contribution in [-0.4, -0.2) is 28.5 Å². The molecule has 0 saturated carbocycles. The third-order valence-corrected chi connectivity index (χ3v) is 1.60. The summed E-state index contributed by atoms with van der Waals surface area (Å²) in [6.45, 7) is 0.456. The van der Waals surface area contributed by atoms with E-state index in [1.165, 1.54) is 6.07 Å². The minimum absolute atomic E-state index is 0.0149. The molecule has 0 atom stereocenters. The largest absolute Gasteiger partial charge is 0.435 e. The quantitative estimate of drug-likeness (QED) is 0.752. The van der Waals surface area contributed by atoms with E-state index in [0.717, 1.165) is 6.07 Å². The highest BCUT2D eigenvalue weighted by Crippen LogP contribution is 2.26. The van der Waals surface area contributed by atoms with Gasteiger partial charge in [-0.25, -0.2) is 0 Å². The van der Waals surface area contributed by atoms with Gasteiger partial charge in [-0.2, -0.15) is 13.2 Å². The molecule has 0 aliphatic carbocycles. The standard InChI is InChI=1S/C8H10F3N3O/c9-8(10,11)6-2-3-7(14-13-6)12-4-1-5-15/h2-3,15H,1,4-5H2,(H,12,14). The highest BCUT2D eigenvalue weighted by Gasteiger charge is 2.32. The molecule has 2 N–H and O–H groups in total. The first-order valence-corrected chi connectivity index (χ1v) is 4.29. The second-order valence-corrected chi connectivity index (χ2v) is 2.81. The van der Waals surface area contributed by atoms with E-state index < -0.39 is 11.9 Å². The monoisotopic (exact) mass is 221 g/mol. The summed E-state index contributed by atoms with van der Waals surface area (Å²) >= 11 is 0. The summed E-state index contributed by atoms with van der Waals surface area (Å²) in [7, 11) is 0. The van der Waals surface area contributed by atoms with Crippen LogP contribution in [0.1, 0.15) is 12.1 Å². The molecule has 4 nitrogen and oxygen atoms in total. The number of nitrogens with one attached hydrogen (secondary N) is 1. The molecule has 0 aromatic carbocycles. The lowest BCUT2D eigenvalue weighted by Gasteiger charge is -2.06. The summed E-state index contributed by atoms with van der Waals surface area (Å²) in [6, 6.07) is 2.06. The number of halogens is 3. The van der Waals surface area contributed by atoms with Gasteiger partial charge in [0.1, 0.15) is 5.82 Å². The first kappa shape index (κ1) is 11.7. The summed E-state index contributed by atoms with van der Waals surface area (Å²) in [5.74, 6) is 0.261. The Morgan fingerprint density at radius 1 is 1.27 bits per heavy atom. The van der Waals surface area contributed by atoms with Crippen LogP contribution >= 0.6 is 0 Å². The first-order valence-electron chi connectivity index (χ1n) is 4.29. The summed E-state index contributed by atoms with van der Waals surface area (Å²) < 4.78 is 36.2. The minimum atomic E-state index is -4.46. The van der Waals surface area contributed by atoms with E-state index in [1.54, 1.807) is 0 Å². The van der Waals surface area contributed by atoms with E-state index in [2.05, 4.69) is 15.5 Å². The fraction of sp³-hybridized carbons (Fsp3) is 0.500. The molecule has 15 heavy (non-hydrogen) atoms. The Kier molecular flexibility index (Phi) is 3.84. The van der Waals surface area contributed by atoms with Gasteiger partial charge in [0.25, 0.3) is 0 Å². The number of hydrogen-bond acceptors (Lipinski definition) is 4. The van der Waals surface area contributed by atoms with Crippen molar-refractivity contribution in [2.24, 2.45) is 0 Å². The van der Waals surface area contributed by atoms with E-state index >= 15 is 0 Å². The highest BCUT2D eigenvalue weighted by molar-refractivity contribution is 5.33. The van der Waals surface area contributed by atoms with Gasteiger partial charge in [-0.15, -0.1) is 10.2 Å². The second kappa shape index (κ2) is 4.92. The SMILES string of the molecule is OCCCNc1ccc(C(F)(F)F)nn1. The number of nitrogens with zero attached hydrogens (tertiary/aromatic N) is 2. The molecule has 1 rings (SSSR count). The van der Waals surface area contributed by atoms with E-state index in [9.17, 15) is 13.2 Å². The molecule has 1 heterocycles. The van der Waals surface area contributed by atoms with Crippen LogP contribution in [0.3, 0.4) is 0 Å². The number of hydrogen-bond donors (Lipinski definition) is 2. The molecule has 1 aromatic rings. The van der Waals surface area contributed by atoms with Crippen LogP contribution in [0.25, 0.3) is 0 Å².